The Morgan fingerprint density at radius 1 is 1.26 bits per heavy atom. The second-order valence-corrected chi connectivity index (χ2v) is 7.43. The molecule has 0 saturated carbocycles. The van der Waals surface area contributed by atoms with Crippen LogP contribution in [0.3, 0.4) is 0 Å². The van der Waals surface area contributed by atoms with Crippen LogP contribution in [-0.4, -0.2) is 56.4 Å². The first-order chi connectivity index (χ1) is 13.2. The minimum Gasteiger partial charge on any atom is -0.495 e. The topological polar surface area (TPSA) is 70.4 Å². The van der Waals surface area contributed by atoms with Crippen LogP contribution in [0.4, 0.5) is 5.69 Å². The second-order valence-electron chi connectivity index (χ2n) is 7.43. The fraction of sp³-hybridized carbons (Fsp3) is 0.524. The molecule has 0 radical (unpaired) electrons. The van der Waals surface area contributed by atoms with Gasteiger partial charge in [-0.15, -0.1) is 0 Å². The zero-order chi connectivity index (χ0) is 18.8. The molecule has 3 heterocycles. The zero-order valence-electron chi connectivity index (χ0n) is 16.0. The lowest BCUT2D eigenvalue weighted by Gasteiger charge is -2.31. The highest BCUT2D eigenvalue weighted by Gasteiger charge is 2.23. The van der Waals surface area contributed by atoms with Gasteiger partial charge in [-0.1, -0.05) is 0 Å². The van der Waals surface area contributed by atoms with Gasteiger partial charge in [-0.05, 0) is 57.1 Å². The van der Waals surface area contributed by atoms with Crippen molar-refractivity contribution in [3.63, 3.8) is 0 Å². The van der Waals surface area contributed by atoms with Crippen molar-refractivity contribution in [2.75, 3.05) is 45.8 Å². The summed E-state index contributed by atoms with van der Waals surface area (Å²) in [6.45, 7) is 3.62. The fourth-order valence-corrected chi connectivity index (χ4v) is 4.08. The molecule has 2 aliphatic heterocycles. The lowest BCUT2D eigenvalue weighted by atomic mass is 9.98. The number of nitrogens with one attached hydrogen (secondary N) is 1. The summed E-state index contributed by atoms with van der Waals surface area (Å²) in [7, 11) is 3.78. The Labute approximate surface area is 160 Å². The van der Waals surface area contributed by atoms with Crippen LogP contribution < -0.4 is 10.1 Å². The molecule has 0 unspecified atom stereocenters. The van der Waals surface area contributed by atoms with Crippen LogP contribution in [0, 0.1) is 11.3 Å². The quantitative estimate of drug-likeness (QED) is 0.901. The van der Waals surface area contributed by atoms with Crippen molar-refractivity contribution in [3.8, 4) is 11.8 Å². The summed E-state index contributed by atoms with van der Waals surface area (Å²) in [6.07, 6.45) is 3.91. The number of anilines is 1. The van der Waals surface area contributed by atoms with Crippen molar-refractivity contribution in [3.05, 3.63) is 29.0 Å². The molecule has 2 aromatic rings. The van der Waals surface area contributed by atoms with Crippen LogP contribution in [0.1, 0.15) is 29.7 Å². The van der Waals surface area contributed by atoms with Crippen molar-refractivity contribution >= 4 is 16.6 Å². The summed E-state index contributed by atoms with van der Waals surface area (Å²) in [5.41, 5.74) is 4.86. The van der Waals surface area contributed by atoms with Crippen molar-refractivity contribution in [2.24, 2.45) is 0 Å². The normalized spacial score (nSPS) is 18.6. The van der Waals surface area contributed by atoms with Gasteiger partial charge >= 0.3 is 0 Å². The molecule has 1 aromatic heterocycles. The zero-order valence-corrected chi connectivity index (χ0v) is 16.0. The Morgan fingerprint density at radius 3 is 2.78 bits per heavy atom. The maximum Gasteiger partial charge on any atom is 0.137 e. The van der Waals surface area contributed by atoms with Crippen LogP contribution in [0.5, 0.6) is 5.75 Å². The number of methoxy groups -OCH3 is 1. The number of likely N-dealkylation sites (tertiary alicyclic amines) is 1. The van der Waals surface area contributed by atoms with E-state index in [1.807, 2.05) is 12.1 Å². The van der Waals surface area contributed by atoms with E-state index >= 15 is 0 Å². The molecule has 4 rings (SSSR count). The van der Waals surface area contributed by atoms with Gasteiger partial charge in [0.2, 0.25) is 0 Å². The summed E-state index contributed by atoms with van der Waals surface area (Å²) < 4.78 is 11.2. The molecular formula is C21H26N4O2. The molecule has 0 amide bonds. The first kappa shape index (κ1) is 18.0. The SMILES string of the molecule is COc1cc2c(NC3CCN(C)CC3)c3c(nc2cc1C#N)CCOCC3. The van der Waals surface area contributed by atoms with Gasteiger partial charge in [-0.3, -0.25) is 4.98 Å². The first-order valence-electron chi connectivity index (χ1n) is 9.66. The predicted octanol–water partition coefficient (Wildman–Crippen LogP) is 2.74. The largest absolute Gasteiger partial charge is 0.495 e. The van der Waals surface area contributed by atoms with E-state index in [9.17, 15) is 5.26 Å². The molecule has 2 aliphatic rings. The van der Waals surface area contributed by atoms with Crippen LogP contribution in [0.15, 0.2) is 12.1 Å². The summed E-state index contributed by atoms with van der Waals surface area (Å²) in [4.78, 5) is 7.27. The maximum absolute atomic E-state index is 9.45. The third-order valence-electron chi connectivity index (χ3n) is 5.66. The number of piperidine rings is 1. The first-order valence-corrected chi connectivity index (χ1v) is 9.66. The molecule has 6 heteroatoms. The Morgan fingerprint density at radius 2 is 2.04 bits per heavy atom. The van der Waals surface area contributed by atoms with E-state index in [0.717, 1.165) is 67.7 Å². The standard InChI is InChI=1S/C21H26N4O2/c1-25-7-3-15(4-8-25)23-21-16-5-9-27-10-6-18(16)24-19-11-14(13-22)20(26-2)12-17(19)21/h11-12,15H,3-10H2,1-2H3,(H,23,24). The number of pyridine rings is 1. The summed E-state index contributed by atoms with van der Waals surface area (Å²) in [5.74, 6) is 0.600. The van der Waals surface area contributed by atoms with E-state index in [0.29, 0.717) is 24.0 Å². The van der Waals surface area contributed by atoms with E-state index in [4.69, 9.17) is 14.5 Å². The summed E-state index contributed by atoms with van der Waals surface area (Å²) in [6, 6.07) is 6.48. The van der Waals surface area contributed by atoms with E-state index in [2.05, 4.69) is 23.3 Å². The molecule has 1 saturated heterocycles. The molecule has 0 bridgehead atoms. The molecule has 1 aromatic carbocycles. The number of rotatable bonds is 3. The summed E-state index contributed by atoms with van der Waals surface area (Å²) in [5, 5.41) is 14.3. The third kappa shape index (κ3) is 3.58. The number of nitriles is 1. The van der Waals surface area contributed by atoms with Gasteiger partial charge in [0.1, 0.15) is 11.8 Å². The molecule has 27 heavy (non-hydrogen) atoms. The van der Waals surface area contributed by atoms with Crippen LogP contribution in [-0.2, 0) is 17.6 Å². The number of ether oxygens (including phenoxy) is 2. The number of hydrogen-bond acceptors (Lipinski definition) is 6. The lowest BCUT2D eigenvalue weighted by Crippen LogP contribution is -2.37. The van der Waals surface area contributed by atoms with Gasteiger partial charge in [-0.25, -0.2) is 0 Å². The summed E-state index contributed by atoms with van der Waals surface area (Å²) >= 11 is 0. The molecule has 142 valence electrons. The van der Waals surface area contributed by atoms with Crippen LogP contribution >= 0.6 is 0 Å². The highest BCUT2D eigenvalue weighted by atomic mass is 16.5. The second kappa shape index (κ2) is 7.71. The Hall–Kier alpha value is -2.36. The molecule has 0 atom stereocenters. The van der Waals surface area contributed by atoms with Gasteiger partial charge in [0, 0.05) is 29.2 Å². The van der Waals surface area contributed by atoms with Crippen molar-refractivity contribution in [1.82, 2.24) is 9.88 Å². The highest BCUT2D eigenvalue weighted by Crippen LogP contribution is 2.35. The molecule has 0 aliphatic carbocycles. The van der Waals surface area contributed by atoms with E-state index in [1.54, 1.807) is 7.11 Å². The molecular weight excluding hydrogens is 340 g/mol. The third-order valence-corrected chi connectivity index (χ3v) is 5.66. The van der Waals surface area contributed by atoms with E-state index < -0.39 is 0 Å². The highest BCUT2D eigenvalue weighted by molar-refractivity contribution is 5.95. The number of aromatic nitrogens is 1. The van der Waals surface area contributed by atoms with Gasteiger partial charge in [0.25, 0.3) is 0 Å². The Kier molecular flexibility index (Phi) is 5.15. The van der Waals surface area contributed by atoms with Crippen molar-refractivity contribution in [1.29, 1.82) is 5.26 Å². The number of nitrogens with zero attached hydrogens (tertiary/aromatic N) is 3. The fourth-order valence-electron chi connectivity index (χ4n) is 4.08. The molecule has 1 N–H and O–H groups in total. The minimum absolute atomic E-state index is 0.446. The average Bonchev–Trinajstić information content (AvgIpc) is 2.93. The average molecular weight is 366 g/mol. The van der Waals surface area contributed by atoms with Gasteiger partial charge in [0.15, 0.2) is 0 Å². The number of hydrogen-bond donors (Lipinski definition) is 1. The van der Waals surface area contributed by atoms with Gasteiger partial charge < -0.3 is 19.7 Å². The smallest absolute Gasteiger partial charge is 0.137 e. The van der Waals surface area contributed by atoms with Gasteiger partial charge in [0.05, 0.1) is 31.4 Å². The van der Waals surface area contributed by atoms with Crippen molar-refractivity contribution < 1.29 is 9.47 Å². The number of fused-ring (bicyclic) bond motifs is 2. The molecule has 1 fully saturated rings. The van der Waals surface area contributed by atoms with Crippen LogP contribution in [0.2, 0.25) is 0 Å². The Balaban J connectivity index is 1.84. The minimum atomic E-state index is 0.446. The van der Waals surface area contributed by atoms with Crippen LogP contribution in [0.25, 0.3) is 10.9 Å². The monoisotopic (exact) mass is 366 g/mol. The van der Waals surface area contributed by atoms with Crippen molar-refractivity contribution in [2.45, 2.75) is 31.7 Å². The Bertz CT molecular complexity index is 882. The maximum atomic E-state index is 9.45. The lowest BCUT2D eigenvalue weighted by molar-refractivity contribution is 0.146. The van der Waals surface area contributed by atoms with E-state index in [1.165, 1.54) is 5.56 Å². The number of benzene rings is 1. The van der Waals surface area contributed by atoms with E-state index in [-0.39, 0.29) is 0 Å². The predicted molar refractivity (Wildman–Crippen MR) is 105 cm³/mol. The van der Waals surface area contributed by atoms with Gasteiger partial charge in [-0.2, -0.15) is 5.26 Å². The molecule has 6 nitrogen and oxygen atoms in total. The molecule has 0 spiro atoms.